The first-order valence-corrected chi connectivity index (χ1v) is 5.61. The molecule has 1 aromatic rings. The van der Waals surface area contributed by atoms with Gasteiger partial charge in [-0.05, 0) is 24.8 Å². The van der Waals surface area contributed by atoms with Crippen molar-refractivity contribution in [2.75, 3.05) is 19.0 Å². The van der Waals surface area contributed by atoms with Crippen molar-refractivity contribution >= 4 is 11.8 Å². The molecule has 1 unspecified atom stereocenters. The zero-order valence-corrected chi connectivity index (χ0v) is 9.72. The summed E-state index contributed by atoms with van der Waals surface area (Å²) in [7, 11) is 1.30. The Labute approximate surface area is 99.6 Å². The number of hydrogen-bond acceptors (Lipinski definition) is 6. The van der Waals surface area contributed by atoms with E-state index in [1.54, 1.807) is 6.07 Å². The van der Waals surface area contributed by atoms with Gasteiger partial charge in [0, 0.05) is 18.8 Å². The molecule has 1 aliphatic carbocycles. The van der Waals surface area contributed by atoms with Gasteiger partial charge in [0.1, 0.15) is 5.82 Å². The number of hydrogen-bond donors (Lipinski definition) is 2. The second-order valence-electron chi connectivity index (χ2n) is 4.14. The second-order valence-corrected chi connectivity index (χ2v) is 4.14. The van der Waals surface area contributed by atoms with Crippen LogP contribution in [0.4, 0.5) is 5.82 Å². The van der Waals surface area contributed by atoms with Gasteiger partial charge in [-0.25, -0.2) is 14.8 Å². The van der Waals surface area contributed by atoms with Crippen molar-refractivity contribution in [3.63, 3.8) is 0 Å². The Kier molecular flexibility index (Phi) is 3.53. The molecule has 0 aromatic carbocycles. The summed E-state index contributed by atoms with van der Waals surface area (Å²) in [5.74, 6) is 0.735. The predicted octanol–water partition coefficient (Wildman–Crippen LogP) is 0.412. The maximum Gasteiger partial charge on any atom is 0.376 e. The van der Waals surface area contributed by atoms with Crippen LogP contribution in [0.15, 0.2) is 12.3 Å². The van der Waals surface area contributed by atoms with Crippen LogP contribution >= 0.6 is 0 Å². The average molecular weight is 236 g/mol. The van der Waals surface area contributed by atoms with Gasteiger partial charge in [0.15, 0.2) is 0 Å². The van der Waals surface area contributed by atoms with E-state index in [0.717, 1.165) is 0 Å². The molecule has 6 nitrogen and oxygen atoms in total. The molecule has 0 spiro atoms. The van der Waals surface area contributed by atoms with Gasteiger partial charge in [-0.15, -0.1) is 0 Å². The van der Waals surface area contributed by atoms with Gasteiger partial charge in [0.2, 0.25) is 5.82 Å². The van der Waals surface area contributed by atoms with Crippen molar-refractivity contribution < 1.29 is 9.53 Å². The summed E-state index contributed by atoms with van der Waals surface area (Å²) in [4.78, 5) is 19.1. The van der Waals surface area contributed by atoms with Crippen molar-refractivity contribution in [2.24, 2.45) is 11.7 Å². The molecular formula is C11H16N4O2. The van der Waals surface area contributed by atoms with Crippen LogP contribution in [0.1, 0.15) is 23.5 Å². The van der Waals surface area contributed by atoms with Crippen LogP contribution in [0.3, 0.4) is 0 Å². The Bertz CT molecular complexity index is 406. The Morgan fingerprint density at radius 3 is 3.12 bits per heavy atom. The fourth-order valence-corrected chi connectivity index (χ4v) is 1.56. The lowest BCUT2D eigenvalue weighted by Gasteiger charge is -2.11. The third kappa shape index (κ3) is 3.13. The molecule has 17 heavy (non-hydrogen) atoms. The molecule has 1 atom stereocenters. The number of nitrogens with zero attached hydrogens (tertiary/aromatic N) is 2. The van der Waals surface area contributed by atoms with Crippen molar-refractivity contribution in [1.29, 1.82) is 0 Å². The minimum Gasteiger partial charge on any atom is -0.463 e. The summed E-state index contributed by atoms with van der Waals surface area (Å²) in [6, 6.07) is 1.85. The van der Waals surface area contributed by atoms with E-state index >= 15 is 0 Å². The number of rotatable bonds is 5. The lowest BCUT2D eigenvalue weighted by atomic mass is 10.2. The lowest BCUT2D eigenvalue weighted by molar-refractivity contribution is 0.0587. The van der Waals surface area contributed by atoms with Crippen LogP contribution in [-0.2, 0) is 4.74 Å². The Morgan fingerprint density at radius 1 is 1.71 bits per heavy atom. The van der Waals surface area contributed by atoms with Crippen molar-refractivity contribution in [1.82, 2.24) is 9.97 Å². The molecule has 0 saturated heterocycles. The van der Waals surface area contributed by atoms with E-state index in [-0.39, 0.29) is 11.9 Å². The molecule has 1 saturated carbocycles. The second kappa shape index (κ2) is 5.09. The van der Waals surface area contributed by atoms with E-state index in [4.69, 9.17) is 5.73 Å². The highest BCUT2D eigenvalue weighted by atomic mass is 16.5. The van der Waals surface area contributed by atoms with Crippen LogP contribution in [0, 0.1) is 5.92 Å². The maximum absolute atomic E-state index is 11.2. The van der Waals surface area contributed by atoms with Crippen LogP contribution in [0.5, 0.6) is 0 Å². The van der Waals surface area contributed by atoms with Crippen molar-refractivity contribution in [3.8, 4) is 0 Å². The topological polar surface area (TPSA) is 90.1 Å². The normalized spacial score (nSPS) is 16.4. The summed E-state index contributed by atoms with van der Waals surface area (Å²) < 4.78 is 4.55. The number of anilines is 1. The summed E-state index contributed by atoms with van der Waals surface area (Å²) in [5.41, 5.74) is 5.95. The van der Waals surface area contributed by atoms with E-state index in [9.17, 15) is 4.79 Å². The van der Waals surface area contributed by atoms with Gasteiger partial charge in [0.25, 0.3) is 0 Å². The number of esters is 1. The summed E-state index contributed by atoms with van der Waals surface area (Å²) in [6.07, 6.45) is 3.93. The zero-order chi connectivity index (χ0) is 12.3. The summed E-state index contributed by atoms with van der Waals surface area (Å²) >= 11 is 0. The molecule has 0 radical (unpaired) electrons. The molecular weight excluding hydrogens is 220 g/mol. The molecule has 0 aliphatic heterocycles. The first kappa shape index (κ1) is 11.8. The monoisotopic (exact) mass is 236 g/mol. The maximum atomic E-state index is 11.2. The van der Waals surface area contributed by atoms with Gasteiger partial charge in [0.05, 0.1) is 7.11 Å². The van der Waals surface area contributed by atoms with Gasteiger partial charge in [-0.2, -0.15) is 0 Å². The molecule has 92 valence electrons. The minimum atomic E-state index is -0.542. The first-order chi connectivity index (χ1) is 8.20. The van der Waals surface area contributed by atoms with E-state index in [1.165, 1.54) is 26.1 Å². The van der Waals surface area contributed by atoms with Gasteiger partial charge < -0.3 is 15.8 Å². The Balaban J connectivity index is 1.93. The van der Waals surface area contributed by atoms with E-state index in [0.29, 0.717) is 18.3 Å². The van der Waals surface area contributed by atoms with Crippen molar-refractivity contribution in [2.45, 2.75) is 18.9 Å². The van der Waals surface area contributed by atoms with E-state index in [2.05, 4.69) is 20.0 Å². The quantitative estimate of drug-likeness (QED) is 0.720. The third-order valence-electron chi connectivity index (χ3n) is 2.77. The van der Waals surface area contributed by atoms with E-state index in [1.807, 2.05) is 0 Å². The van der Waals surface area contributed by atoms with Gasteiger partial charge in [-0.3, -0.25) is 0 Å². The SMILES string of the molecule is COC(=O)c1nccc(NCC(N)C2CC2)n1. The minimum absolute atomic E-state index is 0.0532. The number of methoxy groups -OCH3 is 1. The Morgan fingerprint density at radius 2 is 2.47 bits per heavy atom. The predicted molar refractivity (Wildman–Crippen MR) is 62.6 cm³/mol. The number of aromatic nitrogens is 2. The van der Waals surface area contributed by atoms with Gasteiger partial charge >= 0.3 is 5.97 Å². The fraction of sp³-hybridized carbons (Fsp3) is 0.545. The highest BCUT2D eigenvalue weighted by molar-refractivity contribution is 5.85. The highest BCUT2D eigenvalue weighted by Gasteiger charge is 2.28. The number of nitrogens with one attached hydrogen (secondary N) is 1. The molecule has 1 aliphatic rings. The molecule has 1 heterocycles. The molecule has 0 bridgehead atoms. The van der Waals surface area contributed by atoms with Crippen LogP contribution < -0.4 is 11.1 Å². The van der Waals surface area contributed by atoms with Crippen molar-refractivity contribution in [3.05, 3.63) is 18.1 Å². The molecule has 3 N–H and O–H groups in total. The molecule has 1 fully saturated rings. The number of carbonyl (C=O) groups is 1. The first-order valence-electron chi connectivity index (χ1n) is 5.61. The smallest absolute Gasteiger partial charge is 0.376 e. The Hall–Kier alpha value is -1.69. The highest BCUT2D eigenvalue weighted by Crippen LogP contribution is 2.31. The molecule has 6 heteroatoms. The van der Waals surface area contributed by atoms with Crippen LogP contribution in [0.25, 0.3) is 0 Å². The summed E-state index contributed by atoms with van der Waals surface area (Å²) in [6.45, 7) is 0.655. The standard InChI is InChI=1S/C11H16N4O2/c1-17-11(16)10-13-5-4-9(15-10)14-6-8(12)7-2-3-7/h4-5,7-8H,2-3,6,12H2,1H3,(H,13,14,15). The lowest BCUT2D eigenvalue weighted by Crippen LogP contribution is -2.31. The number of carbonyl (C=O) groups excluding carboxylic acids is 1. The average Bonchev–Trinajstić information content (AvgIpc) is 3.19. The largest absolute Gasteiger partial charge is 0.463 e. The van der Waals surface area contributed by atoms with Crippen LogP contribution in [-0.4, -0.2) is 35.6 Å². The van der Waals surface area contributed by atoms with E-state index < -0.39 is 5.97 Å². The third-order valence-corrected chi connectivity index (χ3v) is 2.77. The van der Waals surface area contributed by atoms with Crippen LogP contribution in [0.2, 0.25) is 0 Å². The summed E-state index contributed by atoms with van der Waals surface area (Å²) in [5, 5.41) is 3.10. The molecule has 1 aromatic heterocycles. The van der Waals surface area contributed by atoms with Gasteiger partial charge in [-0.1, -0.05) is 0 Å². The number of ether oxygens (including phenoxy) is 1. The zero-order valence-electron chi connectivity index (χ0n) is 9.72. The number of nitrogens with two attached hydrogens (primary N) is 1. The fourth-order valence-electron chi connectivity index (χ4n) is 1.56. The molecule has 0 amide bonds. The molecule has 2 rings (SSSR count).